The van der Waals surface area contributed by atoms with E-state index < -0.39 is 21.5 Å². The Morgan fingerprint density at radius 1 is 0.944 bits per heavy atom. The molecule has 0 atom stereocenters. The second-order valence-corrected chi connectivity index (χ2v) is 5.91. The normalized spacial score (nSPS) is 11.5. The molecular formula is C13H10F2O2S. The summed E-state index contributed by atoms with van der Waals surface area (Å²) in [5.41, 5.74) is 0.493. The average molecular weight is 268 g/mol. The SMILES string of the molecule is CS(=O)(=O)c1ccccc1-c1cc(F)cc(F)c1. The molecule has 2 aromatic carbocycles. The predicted octanol–water partition coefficient (Wildman–Crippen LogP) is 3.04. The highest BCUT2D eigenvalue weighted by molar-refractivity contribution is 7.90. The molecule has 2 nitrogen and oxygen atoms in total. The highest BCUT2D eigenvalue weighted by Gasteiger charge is 2.14. The first-order valence-electron chi connectivity index (χ1n) is 5.13. The summed E-state index contributed by atoms with van der Waals surface area (Å²) in [5.74, 6) is -1.48. The van der Waals surface area contributed by atoms with E-state index in [0.717, 1.165) is 24.5 Å². The van der Waals surface area contributed by atoms with Gasteiger partial charge in [0.15, 0.2) is 9.84 Å². The zero-order chi connectivity index (χ0) is 13.3. The minimum Gasteiger partial charge on any atom is -0.224 e. The van der Waals surface area contributed by atoms with Gasteiger partial charge in [-0.25, -0.2) is 17.2 Å². The van der Waals surface area contributed by atoms with Crippen molar-refractivity contribution < 1.29 is 17.2 Å². The van der Waals surface area contributed by atoms with E-state index in [1.807, 2.05) is 0 Å². The number of sulfone groups is 1. The van der Waals surface area contributed by atoms with Crippen LogP contribution in [0.1, 0.15) is 0 Å². The molecule has 0 bridgehead atoms. The maximum absolute atomic E-state index is 13.2. The third-order valence-electron chi connectivity index (χ3n) is 2.46. The predicted molar refractivity (Wildman–Crippen MR) is 64.9 cm³/mol. The van der Waals surface area contributed by atoms with Crippen LogP contribution in [0.5, 0.6) is 0 Å². The van der Waals surface area contributed by atoms with Gasteiger partial charge in [0.05, 0.1) is 4.90 Å². The second kappa shape index (κ2) is 4.49. The summed E-state index contributed by atoms with van der Waals surface area (Å²) in [6.45, 7) is 0. The summed E-state index contributed by atoms with van der Waals surface area (Å²) in [6.07, 6.45) is 1.06. The molecule has 0 aliphatic heterocycles. The Hall–Kier alpha value is -1.75. The summed E-state index contributed by atoms with van der Waals surface area (Å²) >= 11 is 0. The third-order valence-corrected chi connectivity index (χ3v) is 3.62. The lowest BCUT2D eigenvalue weighted by Gasteiger charge is -2.08. The molecule has 0 heterocycles. The van der Waals surface area contributed by atoms with Gasteiger partial charge in [0.1, 0.15) is 11.6 Å². The minimum atomic E-state index is -3.45. The summed E-state index contributed by atoms with van der Waals surface area (Å²) in [4.78, 5) is 0.0509. The topological polar surface area (TPSA) is 34.1 Å². The number of rotatable bonds is 2. The van der Waals surface area contributed by atoms with Crippen LogP contribution >= 0.6 is 0 Å². The van der Waals surface area contributed by atoms with Crippen molar-refractivity contribution in [2.75, 3.05) is 6.26 Å². The molecule has 94 valence electrons. The lowest BCUT2D eigenvalue weighted by molar-refractivity contribution is 0.583. The standard InChI is InChI=1S/C13H10F2O2S/c1-18(16,17)13-5-3-2-4-12(13)9-6-10(14)8-11(15)7-9/h2-8H,1H3. The molecule has 0 aromatic heterocycles. The molecule has 2 aromatic rings. The zero-order valence-electron chi connectivity index (χ0n) is 9.52. The van der Waals surface area contributed by atoms with Gasteiger partial charge in [-0.2, -0.15) is 0 Å². The molecule has 2 rings (SSSR count). The molecule has 0 saturated carbocycles. The van der Waals surface area contributed by atoms with Gasteiger partial charge in [-0.05, 0) is 23.8 Å². The van der Waals surface area contributed by atoms with Gasteiger partial charge >= 0.3 is 0 Å². The van der Waals surface area contributed by atoms with Crippen LogP contribution in [0, 0.1) is 11.6 Å². The first-order valence-corrected chi connectivity index (χ1v) is 7.02. The highest BCUT2D eigenvalue weighted by atomic mass is 32.2. The Labute approximate surface area is 104 Å². The van der Waals surface area contributed by atoms with Crippen molar-refractivity contribution in [2.45, 2.75) is 4.90 Å². The molecule has 0 spiro atoms. The van der Waals surface area contributed by atoms with Gasteiger partial charge < -0.3 is 0 Å². The maximum atomic E-state index is 13.2. The van der Waals surface area contributed by atoms with Gasteiger partial charge in [-0.1, -0.05) is 18.2 Å². The number of halogens is 2. The molecule has 0 unspecified atom stereocenters. The second-order valence-electron chi connectivity index (χ2n) is 3.93. The van der Waals surface area contributed by atoms with Crippen molar-refractivity contribution in [3.8, 4) is 11.1 Å². The lowest BCUT2D eigenvalue weighted by Crippen LogP contribution is -2.00. The fraction of sp³-hybridized carbons (Fsp3) is 0.0769. The van der Waals surface area contributed by atoms with Crippen LogP contribution in [0.25, 0.3) is 11.1 Å². The summed E-state index contributed by atoms with van der Waals surface area (Å²) in [7, 11) is -3.45. The van der Waals surface area contributed by atoms with Gasteiger partial charge in [-0.15, -0.1) is 0 Å². The Kier molecular flexibility index (Phi) is 3.17. The molecule has 0 aliphatic carbocycles. The fourth-order valence-electron chi connectivity index (χ4n) is 1.74. The van der Waals surface area contributed by atoms with E-state index in [1.165, 1.54) is 12.1 Å². The van der Waals surface area contributed by atoms with E-state index in [9.17, 15) is 17.2 Å². The Morgan fingerprint density at radius 2 is 1.50 bits per heavy atom. The lowest BCUT2D eigenvalue weighted by atomic mass is 10.1. The number of hydrogen-bond donors (Lipinski definition) is 0. The van der Waals surface area contributed by atoms with Crippen LogP contribution in [-0.2, 0) is 9.84 Å². The molecule has 5 heteroatoms. The average Bonchev–Trinajstić information content (AvgIpc) is 2.26. The Morgan fingerprint density at radius 3 is 2.06 bits per heavy atom. The third kappa shape index (κ3) is 2.56. The van der Waals surface area contributed by atoms with E-state index in [-0.39, 0.29) is 10.5 Å². The highest BCUT2D eigenvalue weighted by Crippen LogP contribution is 2.28. The smallest absolute Gasteiger partial charge is 0.176 e. The zero-order valence-corrected chi connectivity index (χ0v) is 10.3. The van der Waals surface area contributed by atoms with E-state index in [2.05, 4.69) is 0 Å². The summed E-state index contributed by atoms with van der Waals surface area (Å²) in [5, 5.41) is 0. The molecule has 0 aliphatic rings. The molecule has 0 radical (unpaired) electrons. The minimum absolute atomic E-state index is 0.0509. The summed E-state index contributed by atoms with van der Waals surface area (Å²) in [6, 6.07) is 9.06. The Balaban J connectivity index is 2.72. The van der Waals surface area contributed by atoms with Crippen molar-refractivity contribution in [2.24, 2.45) is 0 Å². The van der Waals surface area contributed by atoms with E-state index in [1.54, 1.807) is 12.1 Å². The van der Waals surface area contributed by atoms with Crippen molar-refractivity contribution in [3.63, 3.8) is 0 Å². The number of hydrogen-bond acceptors (Lipinski definition) is 2. The van der Waals surface area contributed by atoms with Crippen molar-refractivity contribution in [1.82, 2.24) is 0 Å². The first-order chi connectivity index (χ1) is 8.38. The van der Waals surface area contributed by atoms with Gasteiger partial charge in [-0.3, -0.25) is 0 Å². The van der Waals surface area contributed by atoms with E-state index in [0.29, 0.717) is 5.56 Å². The van der Waals surface area contributed by atoms with Crippen LogP contribution < -0.4 is 0 Å². The molecule has 0 fully saturated rings. The quantitative estimate of drug-likeness (QED) is 0.839. The maximum Gasteiger partial charge on any atom is 0.176 e. The van der Waals surface area contributed by atoms with Crippen LogP contribution in [0.15, 0.2) is 47.4 Å². The van der Waals surface area contributed by atoms with Crippen molar-refractivity contribution in [1.29, 1.82) is 0 Å². The van der Waals surface area contributed by atoms with E-state index in [4.69, 9.17) is 0 Å². The van der Waals surface area contributed by atoms with Crippen LogP contribution in [0.4, 0.5) is 8.78 Å². The molecule has 0 saturated heterocycles. The van der Waals surface area contributed by atoms with Gasteiger partial charge in [0, 0.05) is 17.9 Å². The van der Waals surface area contributed by atoms with Crippen LogP contribution in [-0.4, -0.2) is 14.7 Å². The Bertz CT molecular complexity index is 674. The van der Waals surface area contributed by atoms with Crippen molar-refractivity contribution >= 4 is 9.84 Å². The van der Waals surface area contributed by atoms with Crippen LogP contribution in [0.2, 0.25) is 0 Å². The van der Waals surface area contributed by atoms with Gasteiger partial charge in [0.2, 0.25) is 0 Å². The molecule has 0 N–H and O–H groups in total. The molecule has 18 heavy (non-hydrogen) atoms. The van der Waals surface area contributed by atoms with E-state index >= 15 is 0 Å². The molecular weight excluding hydrogens is 258 g/mol. The number of benzene rings is 2. The summed E-state index contributed by atoms with van der Waals surface area (Å²) < 4.78 is 49.5. The van der Waals surface area contributed by atoms with Gasteiger partial charge in [0.25, 0.3) is 0 Å². The fourth-order valence-corrected chi connectivity index (χ4v) is 2.65. The largest absolute Gasteiger partial charge is 0.224 e. The monoisotopic (exact) mass is 268 g/mol. The van der Waals surface area contributed by atoms with Crippen LogP contribution in [0.3, 0.4) is 0 Å². The first kappa shape index (κ1) is 12.7. The molecule has 0 amide bonds. The van der Waals surface area contributed by atoms with Crippen molar-refractivity contribution in [3.05, 3.63) is 54.1 Å².